The van der Waals surface area contributed by atoms with Crippen molar-refractivity contribution in [2.75, 3.05) is 13.1 Å². The lowest BCUT2D eigenvalue weighted by Gasteiger charge is -2.23. The summed E-state index contributed by atoms with van der Waals surface area (Å²) in [5.74, 6) is 0.668. The smallest absolute Gasteiger partial charge is 0.0948 e. The number of nitrogens with one attached hydrogen (secondary N) is 1. The van der Waals surface area contributed by atoms with Gasteiger partial charge < -0.3 is 9.88 Å². The molecule has 0 saturated carbocycles. The second-order valence-corrected chi connectivity index (χ2v) is 5.14. The summed E-state index contributed by atoms with van der Waals surface area (Å²) in [4.78, 5) is 8.40. The Labute approximate surface area is 113 Å². The van der Waals surface area contributed by atoms with Crippen LogP contribution in [0.3, 0.4) is 0 Å². The molecule has 0 atom stereocenters. The van der Waals surface area contributed by atoms with E-state index in [1.165, 1.54) is 24.1 Å². The Balaban J connectivity index is 1.66. The summed E-state index contributed by atoms with van der Waals surface area (Å²) < 4.78 is 2.32. The predicted octanol–water partition coefficient (Wildman–Crippen LogP) is 1.99. The molecule has 1 fully saturated rings. The van der Waals surface area contributed by atoms with E-state index in [1.807, 2.05) is 24.9 Å². The third-order valence-corrected chi connectivity index (χ3v) is 3.89. The largest absolute Gasteiger partial charge is 0.334 e. The minimum Gasteiger partial charge on any atom is -0.334 e. The first kappa shape index (κ1) is 12.4. The number of aromatic nitrogens is 3. The van der Waals surface area contributed by atoms with Crippen molar-refractivity contribution in [2.45, 2.75) is 31.7 Å². The van der Waals surface area contributed by atoms with Crippen LogP contribution >= 0.6 is 0 Å². The van der Waals surface area contributed by atoms with Crippen LogP contribution in [0, 0.1) is 0 Å². The van der Waals surface area contributed by atoms with E-state index in [2.05, 4.69) is 32.0 Å². The van der Waals surface area contributed by atoms with Gasteiger partial charge in [-0.15, -0.1) is 0 Å². The molecule has 100 valence electrons. The molecule has 2 aromatic rings. The molecule has 1 aliphatic heterocycles. The molecule has 0 radical (unpaired) electrons. The maximum Gasteiger partial charge on any atom is 0.0948 e. The molecule has 0 bridgehead atoms. The van der Waals surface area contributed by atoms with Gasteiger partial charge in [0.05, 0.1) is 6.33 Å². The highest BCUT2D eigenvalue weighted by Gasteiger charge is 2.18. The van der Waals surface area contributed by atoms with Crippen molar-refractivity contribution in [1.82, 2.24) is 19.9 Å². The maximum absolute atomic E-state index is 4.34. The molecule has 3 heterocycles. The summed E-state index contributed by atoms with van der Waals surface area (Å²) in [6.45, 7) is 3.25. The van der Waals surface area contributed by atoms with Crippen molar-refractivity contribution in [3.63, 3.8) is 0 Å². The zero-order chi connectivity index (χ0) is 12.9. The van der Waals surface area contributed by atoms with E-state index < -0.39 is 0 Å². The van der Waals surface area contributed by atoms with Gasteiger partial charge in [-0.25, -0.2) is 4.98 Å². The average molecular weight is 256 g/mol. The Morgan fingerprint density at radius 1 is 1.16 bits per heavy atom. The Morgan fingerprint density at radius 2 is 1.95 bits per heavy atom. The van der Waals surface area contributed by atoms with Crippen LogP contribution in [0.4, 0.5) is 0 Å². The average Bonchev–Trinajstić information content (AvgIpc) is 2.95. The third kappa shape index (κ3) is 3.01. The van der Waals surface area contributed by atoms with Gasteiger partial charge in [0.1, 0.15) is 0 Å². The third-order valence-electron chi connectivity index (χ3n) is 3.89. The molecule has 0 spiro atoms. The molecular weight excluding hydrogens is 236 g/mol. The summed E-state index contributed by atoms with van der Waals surface area (Å²) in [6.07, 6.45) is 11.2. The number of aryl methyl sites for hydroxylation is 2. The lowest BCUT2D eigenvalue weighted by Crippen LogP contribution is -2.27. The fraction of sp³-hybridized carbons (Fsp3) is 0.467. The monoisotopic (exact) mass is 256 g/mol. The van der Waals surface area contributed by atoms with E-state index in [9.17, 15) is 0 Å². The zero-order valence-corrected chi connectivity index (χ0v) is 11.1. The molecule has 0 aromatic carbocycles. The summed E-state index contributed by atoms with van der Waals surface area (Å²) in [7, 11) is 0. The quantitative estimate of drug-likeness (QED) is 0.909. The van der Waals surface area contributed by atoms with E-state index in [1.54, 1.807) is 0 Å². The Morgan fingerprint density at radius 3 is 2.74 bits per heavy atom. The highest BCUT2D eigenvalue weighted by molar-refractivity contribution is 5.12. The van der Waals surface area contributed by atoms with Crippen LogP contribution in [0.5, 0.6) is 0 Å². The van der Waals surface area contributed by atoms with E-state index in [0.29, 0.717) is 5.92 Å². The van der Waals surface area contributed by atoms with Gasteiger partial charge in [0, 0.05) is 36.7 Å². The van der Waals surface area contributed by atoms with Crippen LogP contribution in [-0.2, 0) is 13.0 Å². The molecule has 0 unspecified atom stereocenters. The zero-order valence-electron chi connectivity index (χ0n) is 11.1. The normalized spacial score (nSPS) is 16.6. The number of pyridine rings is 1. The molecule has 1 saturated heterocycles. The first-order chi connectivity index (χ1) is 9.43. The van der Waals surface area contributed by atoms with Gasteiger partial charge in [0.25, 0.3) is 0 Å². The lowest BCUT2D eigenvalue weighted by atomic mass is 9.95. The molecule has 2 aromatic heterocycles. The van der Waals surface area contributed by atoms with Gasteiger partial charge in [-0.1, -0.05) is 0 Å². The maximum atomic E-state index is 4.34. The van der Waals surface area contributed by atoms with Gasteiger partial charge in [0.2, 0.25) is 0 Å². The number of imidazole rings is 1. The van der Waals surface area contributed by atoms with Crippen molar-refractivity contribution in [3.05, 3.63) is 48.3 Å². The molecule has 4 heteroatoms. The SMILES string of the molecule is c1cc(CCn2cncc2C2CCNCC2)ccn1. The molecule has 3 rings (SSSR count). The van der Waals surface area contributed by atoms with Gasteiger partial charge in [-0.2, -0.15) is 0 Å². The predicted molar refractivity (Wildman–Crippen MR) is 75.0 cm³/mol. The molecule has 4 nitrogen and oxygen atoms in total. The minimum absolute atomic E-state index is 0.668. The fourth-order valence-electron chi connectivity index (χ4n) is 2.77. The molecular formula is C15H20N4. The van der Waals surface area contributed by atoms with Gasteiger partial charge in [0.15, 0.2) is 0 Å². The molecule has 0 amide bonds. The van der Waals surface area contributed by atoms with Crippen LogP contribution < -0.4 is 5.32 Å². The van der Waals surface area contributed by atoms with Crippen molar-refractivity contribution in [2.24, 2.45) is 0 Å². The van der Waals surface area contributed by atoms with E-state index in [-0.39, 0.29) is 0 Å². The number of piperidine rings is 1. The van der Waals surface area contributed by atoms with Crippen LogP contribution in [0.1, 0.15) is 30.0 Å². The second kappa shape index (κ2) is 5.97. The summed E-state index contributed by atoms with van der Waals surface area (Å²) in [6, 6.07) is 4.17. The van der Waals surface area contributed by atoms with Crippen LogP contribution in [0.2, 0.25) is 0 Å². The Kier molecular flexibility index (Phi) is 3.89. The summed E-state index contributed by atoms with van der Waals surface area (Å²) in [5.41, 5.74) is 2.73. The summed E-state index contributed by atoms with van der Waals surface area (Å²) >= 11 is 0. The first-order valence-electron chi connectivity index (χ1n) is 7.03. The second-order valence-electron chi connectivity index (χ2n) is 5.14. The Bertz CT molecular complexity index is 500. The molecule has 19 heavy (non-hydrogen) atoms. The molecule has 0 aliphatic carbocycles. The van der Waals surface area contributed by atoms with Crippen LogP contribution in [0.15, 0.2) is 37.1 Å². The topological polar surface area (TPSA) is 42.7 Å². The van der Waals surface area contributed by atoms with E-state index >= 15 is 0 Å². The summed E-state index contributed by atoms with van der Waals surface area (Å²) in [5, 5.41) is 3.42. The van der Waals surface area contributed by atoms with E-state index in [4.69, 9.17) is 0 Å². The number of rotatable bonds is 4. The minimum atomic E-state index is 0.668. The molecule has 1 aliphatic rings. The number of nitrogens with zero attached hydrogens (tertiary/aromatic N) is 3. The standard InChI is InChI=1S/C15H20N4/c1-6-16-7-2-13(1)5-10-19-12-18-11-15(19)14-3-8-17-9-4-14/h1-2,6-7,11-12,14,17H,3-5,8-10H2. The number of hydrogen-bond donors (Lipinski definition) is 1. The first-order valence-corrected chi connectivity index (χ1v) is 7.03. The number of hydrogen-bond acceptors (Lipinski definition) is 3. The van der Waals surface area contributed by atoms with Gasteiger partial charge in [-0.05, 0) is 50.0 Å². The highest BCUT2D eigenvalue weighted by Crippen LogP contribution is 2.24. The van der Waals surface area contributed by atoms with Crippen molar-refractivity contribution < 1.29 is 0 Å². The van der Waals surface area contributed by atoms with Crippen LogP contribution in [0.25, 0.3) is 0 Å². The lowest BCUT2D eigenvalue weighted by molar-refractivity contribution is 0.438. The van der Waals surface area contributed by atoms with Crippen molar-refractivity contribution in [1.29, 1.82) is 0 Å². The van der Waals surface area contributed by atoms with E-state index in [0.717, 1.165) is 26.1 Å². The fourth-order valence-corrected chi connectivity index (χ4v) is 2.77. The molecule has 1 N–H and O–H groups in total. The van der Waals surface area contributed by atoms with Crippen LogP contribution in [-0.4, -0.2) is 27.6 Å². The van der Waals surface area contributed by atoms with Crippen molar-refractivity contribution >= 4 is 0 Å². The van der Waals surface area contributed by atoms with Gasteiger partial charge >= 0.3 is 0 Å². The van der Waals surface area contributed by atoms with Crippen molar-refractivity contribution in [3.8, 4) is 0 Å². The Hall–Kier alpha value is -1.68. The highest BCUT2D eigenvalue weighted by atomic mass is 15.0. The van der Waals surface area contributed by atoms with Gasteiger partial charge in [-0.3, -0.25) is 4.98 Å².